The molecule has 156 valence electrons. The summed E-state index contributed by atoms with van der Waals surface area (Å²) < 4.78 is 0. The van der Waals surface area contributed by atoms with Crippen LogP contribution in [-0.4, -0.2) is 70.3 Å². The maximum atomic E-state index is 12.6. The van der Waals surface area contributed by atoms with Crippen LogP contribution >= 0.6 is 0 Å². The number of hydrogen-bond acceptors (Lipinski definition) is 5. The summed E-state index contributed by atoms with van der Waals surface area (Å²) in [5.41, 5.74) is 1.10. The first kappa shape index (κ1) is 22.3. The molecule has 0 spiro atoms. The molecule has 28 heavy (non-hydrogen) atoms. The average Bonchev–Trinajstić information content (AvgIpc) is 2.69. The number of likely N-dealkylation sites (tertiary alicyclic amines) is 1. The van der Waals surface area contributed by atoms with Gasteiger partial charge in [0.05, 0.1) is 11.9 Å². The van der Waals surface area contributed by atoms with Gasteiger partial charge in [-0.2, -0.15) is 0 Å². The van der Waals surface area contributed by atoms with Crippen molar-refractivity contribution < 1.29 is 9.59 Å². The van der Waals surface area contributed by atoms with Crippen molar-refractivity contribution in [2.45, 2.75) is 65.3 Å². The van der Waals surface area contributed by atoms with E-state index in [-0.39, 0.29) is 11.8 Å². The molecule has 0 bridgehead atoms. The fourth-order valence-corrected chi connectivity index (χ4v) is 3.57. The van der Waals surface area contributed by atoms with E-state index in [1.54, 1.807) is 11.1 Å². The topological polar surface area (TPSA) is 78.4 Å². The van der Waals surface area contributed by atoms with Gasteiger partial charge >= 0.3 is 0 Å². The summed E-state index contributed by atoms with van der Waals surface area (Å²) in [6.45, 7) is 10.0. The van der Waals surface area contributed by atoms with Crippen LogP contribution in [0.5, 0.6) is 0 Å². The first-order chi connectivity index (χ1) is 13.5. The predicted octanol–water partition coefficient (Wildman–Crippen LogP) is 2.41. The smallest absolute Gasteiger partial charge is 0.274 e. The summed E-state index contributed by atoms with van der Waals surface area (Å²) in [4.78, 5) is 37.3. The van der Waals surface area contributed by atoms with E-state index in [1.165, 1.54) is 32.0 Å². The Labute approximate surface area is 168 Å². The van der Waals surface area contributed by atoms with E-state index >= 15 is 0 Å². The van der Waals surface area contributed by atoms with Gasteiger partial charge in [-0.05, 0) is 46.1 Å². The number of nitrogens with one attached hydrogen (secondary N) is 1. The third kappa shape index (κ3) is 7.19. The summed E-state index contributed by atoms with van der Waals surface area (Å²) in [5, 5.41) is 2.99. The molecule has 2 amide bonds. The Morgan fingerprint density at radius 3 is 2.75 bits per heavy atom. The molecule has 2 rings (SSSR count). The van der Waals surface area contributed by atoms with Crippen molar-refractivity contribution in [2.24, 2.45) is 0 Å². The molecule has 0 aliphatic carbocycles. The molecule has 1 aromatic rings. The van der Waals surface area contributed by atoms with Crippen molar-refractivity contribution in [1.82, 2.24) is 25.1 Å². The highest BCUT2D eigenvalue weighted by Gasteiger charge is 2.19. The monoisotopic (exact) mass is 389 g/mol. The summed E-state index contributed by atoms with van der Waals surface area (Å²) in [6, 6.07) is 0.655. The van der Waals surface area contributed by atoms with Gasteiger partial charge < -0.3 is 15.1 Å². The number of aryl methyl sites for hydroxylation is 1. The van der Waals surface area contributed by atoms with Gasteiger partial charge in [-0.15, -0.1) is 0 Å². The van der Waals surface area contributed by atoms with Crippen molar-refractivity contribution in [3.05, 3.63) is 23.8 Å². The van der Waals surface area contributed by atoms with Crippen LogP contribution in [0.25, 0.3) is 0 Å². The number of aromatic nitrogens is 2. The molecular weight excluding hydrogens is 354 g/mol. The molecule has 1 aromatic heterocycles. The van der Waals surface area contributed by atoms with Crippen LogP contribution < -0.4 is 5.32 Å². The first-order valence-electron chi connectivity index (χ1n) is 10.6. The fraction of sp³-hybridized carbons (Fsp3) is 0.714. The number of rotatable bonds is 10. The lowest BCUT2D eigenvalue weighted by Crippen LogP contribution is -2.39. The van der Waals surface area contributed by atoms with Gasteiger partial charge in [0.25, 0.3) is 5.91 Å². The molecule has 0 saturated carbocycles. The zero-order valence-corrected chi connectivity index (χ0v) is 17.6. The van der Waals surface area contributed by atoms with Gasteiger partial charge in [-0.1, -0.05) is 13.3 Å². The normalized spacial score (nSPS) is 17.3. The summed E-state index contributed by atoms with van der Waals surface area (Å²) in [7, 11) is 0. The Hall–Kier alpha value is -2.02. The minimum Gasteiger partial charge on any atom is -0.356 e. The Kier molecular flexibility index (Phi) is 9.34. The molecule has 1 fully saturated rings. The van der Waals surface area contributed by atoms with Gasteiger partial charge in [-0.3, -0.25) is 14.6 Å². The van der Waals surface area contributed by atoms with Gasteiger partial charge in [0.1, 0.15) is 5.69 Å². The molecule has 0 aromatic carbocycles. The molecular formula is C21H35N5O2. The highest BCUT2D eigenvalue weighted by atomic mass is 16.2. The molecule has 1 N–H and O–H groups in total. The third-order valence-electron chi connectivity index (χ3n) is 5.27. The van der Waals surface area contributed by atoms with Crippen molar-refractivity contribution >= 4 is 11.8 Å². The van der Waals surface area contributed by atoms with Crippen molar-refractivity contribution in [3.63, 3.8) is 0 Å². The summed E-state index contributed by atoms with van der Waals surface area (Å²) in [5.74, 6) is -0.170. The van der Waals surface area contributed by atoms with E-state index < -0.39 is 0 Å². The standard InChI is InChI=1S/C21H35N5O2/c1-4-11-26(21(28)19-16-23-17(2)15-24-19)14-9-20(27)22-10-7-13-25-12-6-5-8-18(25)3/h15-16,18H,4-14H2,1-3H3,(H,22,27)/t18-/m1/s1. The summed E-state index contributed by atoms with van der Waals surface area (Å²) >= 11 is 0. The number of carbonyl (C=O) groups is 2. The Bertz CT molecular complexity index is 620. The van der Waals surface area contributed by atoms with Crippen LogP contribution in [-0.2, 0) is 4.79 Å². The Morgan fingerprint density at radius 1 is 1.25 bits per heavy atom. The van der Waals surface area contributed by atoms with E-state index in [0.29, 0.717) is 37.8 Å². The van der Waals surface area contributed by atoms with Crippen molar-refractivity contribution in [3.8, 4) is 0 Å². The molecule has 0 unspecified atom stereocenters. The van der Waals surface area contributed by atoms with E-state index in [1.807, 2.05) is 13.8 Å². The number of carbonyl (C=O) groups excluding carboxylic acids is 2. The molecule has 1 saturated heterocycles. The van der Waals surface area contributed by atoms with Gasteiger partial charge in [0, 0.05) is 44.8 Å². The highest BCUT2D eigenvalue weighted by Crippen LogP contribution is 2.16. The van der Waals surface area contributed by atoms with Crippen LogP contribution in [0.3, 0.4) is 0 Å². The van der Waals surface area contributed by atoms with Crippen LogP contribution in [0.15, 0.2) is 12.4 Å². The van der Waals surface area contributed by atoms with Crippen LogP contribution in [0, 0.1) is 6.92 Å². The zero-order chi connectivity index (χ0) is 20.4. The zero-order valence-electron chi connectivity index (χ0n) is 17.6. The largest absolute Gasteiger partial charge is 0.356 e. The number of hydrogen-bond donors (Lipinski definition) is 1. The number of nitrogens with zero attached hydrogens (tertiary/aromatic N) is 4. The van der Waals surface area contributed by atoms with E-state index in [4.69, 9.17) is 0 Å². The summed E-state index contributed by atoms with van der Waals surface area (Å²) in [6.07, 6.45) is 9.09. The van der Waals surface area contributed by atoms with E-state index in [9.17, 15) is 9.59 Å². The Morgan fingerprint density at radius 2 is 2.07 bits per heavy atom. The molecule has 0 radical (unpaired) electrons. The van der Waals surface area contributed by atoms with E-state index in [2.05, 4.69) is 27.1 Å². The fourth-order valence-electron chi connectivity index (χ4n) is 3.57. The molecule has 2 heterocycles. The lowest BCUT2D eigenvalue weighted by Gasteiger charge is -2.33. The second kappa shape index (κ2) is 11.7. The molecule has 7 nitrogen and oxygen atoms in total. The van der Waals surface area contributed by atoms with Gasteiger partial charge in [0.2, 0.25) is 5.91 Å². The quantitative estimate of drug-likeness (QED) is 0.622. The van der Waals surface area contributed by atoms with Gasteiger partial charge in [0.15, 0.2) is 0 Å². The second-order valence-electron chi connectivity index (χ2n) is 7.67. The minimum absolute atomic E-state index is 0.00409. The predicted molar refractivity (Wildman–Crippen MR) is 110 cm³/mol. The van der Waals surface area contributed by atoms with Crippen LogP contribution in [0.2, 0.25) is 0 Å². The maximum Gasteiger partial charge on any atom is 0.274 e. The van der Waals surface area contributed by atoms with Crippen molar-refractivity contribution in [1.29, 1.82) is 0 Å². The lowest BCUT2D eigenvalue weighted by atomic mass is 10.0. The first-order valence-corrected chi connectivity index (χ1v) is 10.6. The van der Waals surface area contributed by atoms with Crippen LogP contribution in [0.1, 0.15) is 68.6 Å². The van der Waals surface area contributed by atoms with Crippen LogP contribution in [0.4, 0.5) is 0 Å². The van der Waals surface area contributed by atoms with Crippen molar-refractivity contribution in [2.75, 3.05) is 32.7 Å². The molecule has 1 aliphatic heterocycles. The SMILES string of the molecule is CCCN(CCC(=O)NCCCN1CCCC[C@H]1C)C(=O)c1cnc(C)cn1. The number of amides is 2. The number of piperidine rings is 1. The maximum absolute atomic E-state index is 12.6. The molecule has 7 heteroatoms. The highest BCUT2D eigenvalue weighted by molar-refractivity contribution is 5.92. The van der Waals surface area contributed by atoms with Gasteiger partial charge in [-0.25, -0.2) is 4.98 Å². The molecule has 1 atom stereocenters. The molecule has 1 aliphatic rings. The Balaban J connectivity index is 1.71. The van der Waals surface area contributed by atoms with E-state index in [0.717, 1.165) is 25.1 Å². The second-order valence-corrected chi connectivity index (χ2v) is 7.67. The lowest BCUT2D eigenvalue weighted by molar-refractivity contribution is -0.121. The third-order valence-corrected chi connectivity index (χ3v) is 5.27. The minimum atomic E-state index is -0.166. The average molecular weight is 390 g/mol.